The summed E-state index contributed by atoms with van der Waals surface area (Å²) in [6, 6.07) is 7.51. The number of carbonyl (C=O) groups is 1. The van der Waals surface area contributed by atoms with Crippen LogP contribution in [-0.4, -0.2) is 37.6 Å². The Hall–Kier alpha value is -1.02. The largest absolute Gasteiger partial charge is 0.508 e. The van der Waals surface area contributed by atoms with Crippen LogP contribution in [0.3, 0.4) is 0 Å². The molecule has 4 nitrogen and oxygen atoms in total. The molecule has 1 aliphatic carbocycles. The van der Waals surface area contributed by atoms with Crippen LogP contribution in [0.1, 0.15) is 38.7 Å². The molecule has 1 N–H and O–H groups in total. The molecule has 146 valence electrons. The van der Waals surface area contributed by atoms with Crippen molar-refractivity contribution in [2.45, 2.75) is 47.0 Å². The average molecular weight is 546 g/mol. The molecule has 1 saturated heterocycles. The van der Waals surface area contributed by atoms with Crippen LogP contribution < -0.4 is 0 Å². The number of phenolic OH excluding ortho intramolecular Hbond substituents is 1. The van der Waals surface area contributed by atoms with Gasteiger partial charge < -0.3 is 14.7 Å². The molecule has 0 aromatic heterocycles. The number of hydrogen-bond donors (Lipinski definition) is 1. The lowest BCUT2D eigenvalue weighted by Gasteiger charge is -2.44. The Balaban J connectivity index is 1.85. The fraction of sp³-hybridized carbons (Fsp3) is 0.476. The van der Waals surface area contributed by atoms with Crippen LogP contribution in [0, 0.1) is 0 Å². The van der Waals surface area contributed by atoms with Crippen LogP contribution >= 0.6 is 38.5 Å². The summed E-state index contributed by atoms with van der Waals surface area (Å²) in [5.74, 6) is 0.271. The number of allylic oxidation sites excluding steroid dienone is 4. The van der Waals surface area contributed by atoms with Crippen molar-refractivity contribution in [2.75, 3.05) is 13.1 Å². The van der Waals surface area contributed by atoms with Gasteiger partial charge in [-0.3, -0.25) is 0 Å². The van der Waals surface area contributed by atoms with E-state index in [4.69, 9.17) is 4.74 Å². The molecule has 6 heteroatoms. The van der Waals surface area contributed by atoms with E-state index in [1.807, 2.05) is 26.0 Å². The Morgan fingerprint density at radius 1 is 1.30 bits per heavy atom. The van der Waals surface area contributed by atoms with Crippen molar-refractivity contribution in [3.8, 4) is 5.75 Å². The number of nitrogens with zero attached hydrogens (tertiary/aromatic N) is 1. The molecule has 0 radical (unpaired) electrons. The Labute approximate surface area is 182 Å². The van der Waals surface area contributed by atoms with Gasteiger partial charge in [0.1, 0.15) is 5.75 Å². The van der Waals surface area contributed by atoms with Gasteiger partial charge in [0.25, 0.3) is 0 Å². The second-order valence-corrected chi connectivity index (χ2v) is 11.4. The first-order valence-electron chi connectivity index (χ1n) is 9.19. The van der Waals surface area contributed by atoms with Crippen LogP contribution in [0.2, 0.25) is 0 Å². The van der Waals surface area contributed by atoms with Gasteiger partial charge in [-0.15, -0.1) is 0 Å². The number of likely N-dealkylation sites (tertiary alicyclic amines) is 1. The highest BCUT2D eigenvalue weighted by atomic mass is 127. The number of benzene rings is 1. The number of hydrogen-bond acceptors (Lipinski definition) is 3. The third kappa shape index (κ3) is 4.88. The van der Waals surface area contributed by atoms with Gasteiger partial charge >= 0.3 is 6.09 Å². The van der Waals surface area contributed by atoms with Gasteiger partial charge in [-0.1, -0.05) is 46.3 Å². The number of phenols is 1. The van der Waals surface area contributed by atoms with E-state index in [2.05, 4.69) is 56.7 Å². The van der Waals surface area contributed by atoms with E-state index in [0.29, 0.717) is 17.9 Å². The molecule has 0 saturated carbocycles. The highest BCUT2D eigenvalue weighted by Crippen LogP contribution is 2.44. The quantitative estimate of drug-likeness (QED) is 0.392. The lowest BCUT2D eigenvalue weighted by Crippen LogP contribution is -2.47. The molecule has 1 amide bonds. The minimum Gasteiger partial charge on any atom is -0.508 e. The van der Waals surface area contributed by atoms with Crippen molar-refractivity contribution in [1.29, 1.82) is 0 Å². The first-order chi connectivity index (χ1) is 12.7. The number of rotatable bonds is 3. The molecule has 1 aromatic carbocycles. The summed E-state index contributed by atoms with van der Waals surface area (Å²) < 4.78 is 5.02. The van der Waals surface area contributed by atoms with E-state index in [-0.39, 0.29) is 17.3 Å². The van der Waals surface area contributed by atoms with E-state index in [1.165, 1.54) is 11.1 Å². The van der Waals surface area contributed by atoms with Gasteiger partial charge in [-0.2, -0.15) is 0 Å². The first-order valence-corrected chi connectivity index (χ1v) is 11.2. The molecule has 2 aliphatic rings. The van der Waals surface area contributed by atoms with Crippen molar-refractivity contribution in [3.05, 3.63) is 53.6 Å². The number of halogens is 2. The number of alkyl halides is 2. The predicted octanol–water partition coefficient (Wildman–Crippen LogP) is 5.68. The predicted molar refractivity (Wildman–Crippen MR) is 120 cm³/mol. The average Bonchev–Trinajstić information content (AvgIpc) is 2.61. The fourth-order valence-corrected chi connectivity index (χ4v) is 4.34. The minimum absolute atomic E-state index is 0.145. The highest BCUT2D eigenvalue weighted by Gasteiger charge is 2.41. The monoisotopic (exact) mass is 545 g/mol. The lowest BCUT2D eigenvalue weighted by atomic mass is 9.66. The minimum atomic E-state index is -0.514. The number of piperidine rings is 1. The Morgan fingerprint density at radius 2 is 1.93 bits per heavy atom. The Morgan fingerprint density at radius 3 is 2.44 bits per heavy atom. The first kappa shape index (κ1) is 20.7. The number of aromatic hydroxyl groups is 1. The maximum atomic E-state index is 12.5. The summed E-state index contributed by atoms with van der Waals surface area (Å²) in [5.41, 5.74) is 2.34. The van der Waals surface area contributed by atoms with Crippen molar-refractivity contribution in [3.63, 3.8) is 0 Å². The molecular formula is C21H25BrINO3. The van der Waals surface area contributed by atoms with Gasteiger partial charge in [-0.05, 0) is 79.0 Å². The fourth-order valence-electron chi connectivity index (χ4n) is 3.82. The maximum absolute atomic E-state index is 12.5. The third-order valence-electron chi connectivity index (χ3n) is 5.23. The Bertz CT molecular complexity index is 744. The molecule has 1 aliphatic heterocycles. The summed E-state index contributed by atoms with van der Waals surface area (Å²) in [6.45, 7) is 5.06. The molecular weight excluding hydrogens is 521 g/mol. The number of amides is 1. The second-order valence-electron chi connectivity index (χ2n) is 7.62. The summed E-state index contributed by atoms with van der Waals surface area (Å²) in [4.78, 5) is 14.6. The van der Waals surface area contributed by atoms with Crippen LogP contribution in [0.15, 0.2) is 48.1 Å². The van der Waals surface area contributed by atoms with E-state index < -0.39 is 3.61 Å². The summed E-state index contributed by atoms with van der Waals surface area (Å²) in [7, 11) is 0. The lowest BCUT2D eigenvalue weighted by molar-refractivity contribution is 0.0583. The zero-order valence-corrected chi connectivity index (χ0v) is 19.4. The highest BCUT2D eigenvalue weighted by molar-refractivity contribution is 14.1. The van der Waals surface area contributed by atoms with E-state index in [1.54, 1.807) is 17.0 Å². The summed E-state index contributed by atoms with van der Waals surface area (Å²) >= 11 is 5.77. The third-order valence-corrected chi connectivity index (χ3v) is 6.12. The van der Waals surface area contributed by atoms with Crippen molar-refractivity contribution < 1.29 is 14.6 Å². The Kier molecular flexibility index (Phi) is 6.25. The molecule has 1 unspecified atom stereocenters. The number of carbonyl (C=O) groups excluding carboxylic acids is 1. The molecule has 0 spiro atoms. The van der Waals surface area contributed by atoms with Gasteiger partial charge in [0.2, 0.25) is 0 Å². The molecule has 3 rings (SSSR count). The SMILES string of the molecule is CC(C)(I)OC(=O)N1CCC(C2=CCC(Br)C=C2)(c2ccc(O)cc2)CC1. The molecule has 1 atom stereocenters. The van der Waals surface area contributed by atoms with Gasteiger partial charge in [-0.25, -0.2) is 4.79 Å². The van der Waals surface area contributed by atoms with Crippen molar-refractivity contribution in [2.24, 2.45) is 0 Å². The van der Waals surface area contributed by atoms with E-state index in [0.717, 1.165) is 19.3 Å². The van der Waals surface area contributed by atoms with E-state index in [9.17, 15) is 9.90 Å². The van der Waals surface area contributed by atoms with E-state index >= 15 is 0 Å². The topological polar surface area (TPSA) is 49.8 Å². The summed E-state index contributed by atoms with van der Waals surface area (Å²) in [5, 5.41) is 9.70. The molecule has 1 fully saturated rings. The molecule has 1 heterocycles. The molecule has 1 aromatic rings. The molecule has 0 bridgehead atoms. The van der Waals surface area contributed by atoms with Crippen LogP contribution in [-0.2, 0) is 10.2 Å². The standard InChI is InChI=1S/C21H25BrINO3/c1-20(2,23)27-19(26)24-13-11-21(12-14-24,15-3-7-17(22)8-4-15)16-5-9-18(25)10-6-16/h3-7,9-10,17,25H,8,11-14H2,1-2H3. The zero-order chi connectivity index (χ0) is 19.7. The zero-order valence-electron chi connectivity index (χ0n) is 15.6. The van der Waals surface area contributed by atoms with Crippen LogP contribution in [0.25, 0.3) is 0 Å². The van der Waals surface area contributed by atoms with Gasteiger partial charge in [0.05, 0.1) is 0 Å². The normalized spacial score (nSPS) is 22.3. The van der Waals surface area contributed by atoms with Crippen LogP contribution in [0.4, 0.5) is 4.79 Å². The maximum Gasteiger partial charge on any atom is 0.411 e. The van der Waals surface area contributed by atoms with Crippen molar-refractivity contribution in [1.82, 2.24) is 4.90 Å². The molecule has 27 heavy (non-hydrogen) atoms. The van der Waals surface area contributed by atoms with Crippen molar-refractivity contribution >= 4 is 44.6 Å². The van der Waals surface area contributed by atoms with Crippen LogP contribution in [0.5, 0.6) is 5.75 Å². The number of ether oxygens (including phenoxy) is 1. The van der Waals surface area contributed by atoms with Gasteiger partial charge in [0, 0.05) is 23.3 Å². The second kappa shape index (κ2) is 8.15. The van der Waals surface area contributed by atoms with Gasteiger partial charge in [0.15, 0.2) is 3.61 Å². The summed E-state index contributed by atoms with van der Waals surface area (Å²) in [6.07, 6.45) is 9.07. The smallest absolute Gasteiger partial charge is 0.411 e.